The summed E-state index contributed by atoms with van der Waals surface area (Å²) in [4.78, 5) is 27.1. The number of hydrogen-bond donors (Lipinski definition) is 4. The minimum atomic E-state index is -1.83. The Morgan fingerprint density at radius 3 is 2.38 bits per heavy atom. The zero-order valence-corrected chi connectivity index (χ0v) is 33.8. The van der Waals surface area contributed by atoms with Crippen molar-refractivity contribution in [3.8, 4) is 17.2 Å². The van der Waals surface area contributed by atoms with Gasteiger partial charge in [-0.25, -0.2) is 14.3 Å². The van der Waals surface area contributed by atoms with Gasteiger partial charge in [0.1, 0.15) is 30.0 Å². The number of pyridine rings is 1. The van der Waals surface area contributed by atoms with Gasteiger partial charge in [-0.1, -0.05) is 51.1 Å². The fraction of sp³-hybridized carbons (Fsp3) is 0.465. The lowest BCUT2D eigenvalue weighted by Crippen LogP contribution is -2.38. The first-order valence-corrected chi connectivity index (χ1v) is 20.4. The third kappa shape index (κ3) is 9.64. The first-order chi connectivity index (χ1) is 27.9. The highest BCUT2D eigenvalue weighted by Gasteiger charge is 2.31. The molecular formula is C43H55N9O6. The first kappa shape index (κ1) is 40.4. The van der Waals surface area contributed by atoms with Crippen molar-refractivity contribution in [2.45, 2.75) is 96.2 Å². The van der Waals surface area contributed by atoms with Crippen molar-refractivity contribution in [2.24, 2.45) is 0 Å². The second kappa shape index (κ2) is 17.8. The van der Waals surface area contributed by atoms with Gasteiger partial charge in [-0.2, -0.15) is 5.10 Å². The van der Waals surface area contributed by atoms with Gasteiger partial charge in [0.15, 0.2) is 5.65 Å². The van der Waals surface area contributed by atoms with Crippen LogP contribution < -0.4 is 25.0 Å². The van der Waals surface area contributed by atoms with E-state index in [2.05, 4.69) is 74.9 Å². The molecule has 8 rings (SSSR count). The molecule has 4 N–H and O–H groups in total. The molecule has 1 aliphatic carbocycles. The first-order valence-electron chi connectivity index (χ1n) is 20.4. The molecule has 2 aromatic carbocycles. The number of hydrogen-bond acceptors (Lipinski definition) is 9. The number of aromatic nitrogens is 5. The molecule has 0 saturated carbocycles. The van der Waals surface area contributed by atoms with Crippen LogP contribution in [-0.2, 0) is 5.41 Å². The smallest absolute Gasteiger partial charge is 0.492 e. The quantitative estimate of drug-likeness (QED) is 0.108. The highest BCUT2D eigenvalue weighted by molar-refractivity contribution is 5.89. The van der Waals surface area contributed by atoms with Crippen LogP contribution in [0.15, 0.2) is 72.9 Å². The van der Waals surface area contributed by atoms with E-state index in [0.717, 1.165) is 97.5 Å². The molecule has 15 nitrogen and oxygen atoms in total. The monoisotopic (exact) mass is 793 g/mol. The standard InChI is InChI=1S/C42H53N9O3.CH2O3/c1-29-12-7-8-23-49(29)41-46-45-38-20-17-32(28-50(38)41)54-36-19-18-35(33-15-5-6-16-34(33)36)43-40(52)44-39-27-37(42(2,3)4)47-51(39)30-13-11-14-31(26-30)53-25-24-48-21-9-10-22-48;2-1(3)4/h5-6,11,13-17,20,26-29,35-36H,7-10,12,18-19,21-25H2,1-4H3,(H2,43,44,52);(H2,2,3,4)/t29-,35-,36+;/m0./s1. The van der Waals surface area contributed by atoms with E-state index >= 15 is 0 Å². The van der Waals surface area contributed by atoms with E-state index in [-0.39, 0.29) is 23.6 Å². The number of benzene rings is 2. The Labute approximate surface area is 339 Å². The number of likely N-dealkylation sites (tertiary alicyclic amines) is 1. The van der Waals surface area contributed by atoms with Crippen LogP contribution in [0.3, 0.4) is 0 Å². The summed E-state index contributed by atoms with van der Waals surface area (Å²) in [6.45, 7) is 13.4. The number of nitrogens with zero attached hydrogens (tertiary/aromatic N) is 7. The van der Waals surface area contributed by atoms with E-state index in [0.29, 0.717) is 18.5 Å². The lowest BCUT2D eigenvalue weighted by molar-refractivity contribution is 0.137. The zero-order chi connectivity index (χ0) is 40.8. The van der Waals surface area contributed by atoms with Crippen LogP contribution in [0.4, 0.5) is 21.4 Å². The maximum Gasteiger partial charge on any atom is 0.503 e. The van der Waals surface area contributed by atoms with Gasteiger partial charge in [0.25, 0.3) is 0 Å². The van der Waals surface area contributed by atoms with E-state index in [1.165, 1.54) is 19.3 Å². The van der Waals surface area contributed by atoms with Crippen LogP contribution in [0.2, 0.25) is 0 Å². The van der Waals surface area contributed by atoms with Crippen molar-refractivity contribution in [2.75, 3.05) is 43.0 Å². The number of nitrogens with one attached hydrogen (secondary N) is 2. The average molecular weight is 794 g/mol. The number of fused-ring (bicyclic) bond motifs is 2. The second-order valence-electron chi connectivity index (χ2n) is 16.3. The van der Waals surface area contributed by atoms with Crippen molar-refractivity contribution in [3.63, 3.8) is 0 Å². The van der Waals surface area contributed by atoms with E-state index < -0.39 is 6.16 Å². The summed E-state index contributed by atoms with van der Waals surface area (Å²) in [5, 5.41) is 34.3. The molecule has 308 valence electrons. The number of carbonyl (C=O) groups is 2. The topological polar surface area (TPSA) is 172 Å². The van der Waals surface area contributed by atoms with Crippen molar-refractivity contribution >= 4 is 29.6 Å². The third-order valence-electron chi connectivity index (χ3n) is 11.1. The van der Waals surface area contributed by atoms with Gasteiger partial charge in [-0.05, 0) is 100 Å². The van der Waals surface area contributed by atoms with E-state index in [1.54, 1.807) is 4.68 Å². The van der Waals surface area contributed by atoms with Crippen molar-refractivity contribution in [3.05, 3.63) is 89.7 Å². The van der Waals surface area contributed by atoms with Gasteiger partial charge in [-0.15, -0.1) is 10.2 Å². The number of piperidine rings is 1. The molecule has 58 heavy (non-hydrogen) atoms. The molecule has 2 fully saturated rings. The Bertz CT molecular complexity index is 2190. The number of amides is 2. The molecule has 15 heteroatoms. The Morgan fingerprint density at radius 1 is 0.862 bits per heavy atom. The predicted octanol–water partition coefficient (Wildman–Crippen LogP) is 8.07. The summed E-state index contributed by atoms with van der Waals surface area (Å²) in [5.41, 5.74) is 4.42. The molecule has 3 aromatic heterocycles. The number of ether oxygens (including phenoxy) is 2. The van der Waals surface area contributed by atoms with Crippen molar-refractivity contribution < 1.29 is 29.3 Å². The van der Waals surface area contributed by atoms with Gasteiger partial charge >= 0.3 is 12.2 Å². The second-order valence-corrected chi connectivity index (χ2v) is 16.3. The molecule has 2 saturated heterocycles. The van der Waals surface area contributed by atoms with Crippen molar-refractivity contribution in [1.29, 1.82) is 0 Å². The largest absolute Gasteiger partial charge is 0.503 e. The van der Waals surface area contributed by atoms with E-state index in [1.807, 2.05) is 60.8 Å². The molecule has 0 radical (unpaired) electrons. The van der Waals surface area contributed by atoms with Crippen LogP contribution in [0.25, 0.3) is 11.3 Å². The number of carboxylic acid groups (broad SMARTS) is 2. The SMILES string of the molecule is C[C@H]1CCCCN1c1nnc2ccc(O[C@@H]3CC[C@H](NC(=O)Nc4cc(C(C)(C)C)nn4-c4cccc(OCCN5CCCC5)c4)c4ccccc43)cn12.O=C(O)O. The summed E-state index contributed by atoms with van der Waals surface area (Å²) < 4.78 is 16.7. The summed E-state index contributed by atoms with van der Waals surface area (Å²) >= 11 is 0. The van der Waals surface area contributed by atoms with E-state index in [4.69, 9.17) is 29.6 Å². The van der Waals surface area contributed by atoms with Gasteiger partial charge < -0.3 is 29.9 Å². The molecule has 0 unspecified atom stereocenters. The molecule has 3 aliphatic rings. The molecule has 0 bridgehead atoms. The summed E-state index contributed by atoms with van der Waals surface area (Å²) in [6.07, 6.45) is 7.57. The number of rotatable bonds is 10. The third-order valence-corrected chi connectivity index (χ3v) is 11.1. The maximum absolute atomic E-state index is 13.8. The average Bonchev–Trinajstić information content (AvgIpc) is 3.97. The van der Waals surface area contributed by atoms with Crippen LogP contribution in [0.1, 0.15) is 102 Å². The summed E-state index contributed by atoms with van der Waals surface area (Å²) in [5.74, 6) is 3.01. The van der Waals surface area contributed by atoms with E-state index in [9.17, 15) is 4.79 Å². The minimum absolute atomic E-state index is 0.158. The van der Waals surface area contributed by atoms with Gasteiger partial charge in [0.2, 0.25) is 5.95 Å². The van der Waals surface area contributed by atoms with Crippen LogP contribution >= 0.6 is 0 Å². The fourth-order valence-corrected chi connectivity index (χ4v) is 8.06. The minimum Gasteiger partial charge on any atom is -0.492 e. The number of carbonyl (C=O) groups excluding carboxylic acids is 1. The van der Waals surface area contributed by atoms with Crippen LogP contribution in [0.5, 0.6) is 11.5 Å². The predicted molar refractivity (Wildman–Crippen MR) is 222 cm³/mol. The Hall–Kier alpha value is -5.83. The molecular weight excluding hydrogens is 739 g/mol. The normalized spacial score (nSPS) is 19.5. The van der Waals surface area contributed by atoms with Gasteiger partial charge in [0.05, 0.1) is 23.6 Å². The Balaban J connectivity index is 0.00000122. The maximum atomic E-state index is 13.8. The molecule has 5 heterocycles. The zero-order valence-electron chi connectivity index (χ0n) is 33.8. The molecule has 2 amide bonds. The fourth-order valence-electron chi connectivity index (χ4n) is 8.06. The molecule has 2 aliphatic heterocycles. The summed E-state index contributed by atoms with van der Waals surface area (Å²) in [6, 6.07) is 22.0. The number of urea groups is 1. The lowest BCUT2D eigenvalue weighted by Gasteiger charge is -2.33. The Kier molecular flexibility index (Phi) is 12.4. The Morgan fingerprint density at radius 2 is 1.62 bits per heavy atom. The van der Waals surface area contributed by atoms with Crippen LogP contribution in [-0.4, -0.2) is 90.5 Å². The summed E-state index contributed by atoms with van der Waals surface area (Å²) in [7, 11) is 0. The highest BCUT2D eigenvalue weighted by Crippen LogP contribution is 2.39. The molecule has 5 aromatic rings. The van der Waals surface area contributed by atoms with Crippen molar-refractivity contribution in [1.82, 2.24) is 34.6 Å². The number of anilines is 2. The van der Waals surface area contributed by atoms with Crippen LogP contribution in [0, 0.1) is 0 Å². The molecule has 0 spiro atoms. The highest BCUT2D eigenvalue weighted by atomic mass is 16.6. The van der Waals surface area contributed by atoms with Gasteiger partial charge in [-0.3, -0.25) is 14.6 Å². The van der Waals surface area contributed by atoms with Gasteiger partial charge in [0, 0.05) is 36.7 Å². The molecule has 3 atom stereocenters. The lowest BCUT2D eigenvalue weighted by atomic mass is 9.85.